The van der Waals surface area contributed by atoms with Gasteiger partial charge in [0.05, 0.1) is 44.5 Å². The molecule has 6 heterocycles. The van der Waals surface area contributed by atoms with Crippen molar-refractivity contribution in [1.82, 2.24) is 29.1 Å². The number of benzene rings is 5. The van der Waals surface area contributed by atoms with Gasteiger partial charge in [-0.3, -0.25) is 19.9 Å². The minimum Gasteiger partial charge on any atom is -0.308 e. The zero-order valence-electron chi connectivity index (χ0n) is 30.2. The number of aromatic nitrogens is 6. The van der Waals surface area contributed by atoms with Crippen LogP contribution < -0.4 is 0 Å². The van der Waals surface area contributed by atoms with Crippen LogP contribution in [0.25, 0.3) is 100 Å². The molecule has 11 rings (SSSR count). The second-order valence-electron chi connectivity index (χ2n) is 13.9. The summed E-state index contributed by atoms with van der Waals surface area (Å²) < 4.78 is 4.69. The third-order valence-electron chi connectivity index (χ3n) is 10.7. The van der Waals surface area contributed by atoms with Gasteiger partial charge < -0.3 is 9.13 Å². The van der Waals surface area contributed by atoms with Gasteiger partial charge in [0.25, 0.3) is 0 Å². The number of rotatable bonds is 6. The van der Waals surface area contributed by atoms with Gasteiger partial charge in [0.1, 0.15) is 0 Å². The first kappa shape index (κ1) is 31.8. The summed E-state index contributed by atoms with van der Waals surface area (Å²) in [6, 6.07) is 59.6. The standard InChI is InChI=1S/C50H32N6/c1-3-14-33(15-4-1)37-31-47-41(29-39(37)43-20-7-9-24-51-43)49-45(22-12-26-53-49)55(47)35-18-11-19-36(28-35)56-46-23-13-27-54-50(46)42-30-40(44-21-8-10-25-52-44)38(32-48(42)56)34-16-5-2-6-17-34/h1-32H. The number of nitrogens with zero attached hydrogens (tertiary/aromatic N) is 6. The van der Waals surface area contributed by atoms with Gasteiger partial charge in [0.15, 0.2) is 0 Å². The van der Waals surface area contributed by atoms with Crippen molar-refractivity contribution in [3.05, 3.63) is 195 Å². The molecule has 262 valence electrons. The molecule has 6 nitrogen and oxygen atoms in total. The Labute approximate surface area is 322 Å². The highest BCUT2D eigenvalue weighted by atomic mass is 15.0. The van der Waals surface area contributed by atoms with Crippen molar-refractivity contribution in [2.45, 2.75) is 0 Å². The first-order valence-corrected chi connectivity index (χ1v) is 18.7. The highest BCUT2D eigenvalue weighted by molar-refractivity contribution is 6.12. The summed E-state index contributed by atoms with van der Waals surface area (Å²) in [6.07, 6.45) is 7.47. The van der Waals surface area contributed by atoms with Gasteiger partial charge in [0, 0.05) is 58.1 Å². The second-order valence-corrected chi connectivity index (χ2v) is 13.9. The molecule has 0 aliphatic heterocycles. The van der Waals surface area contributed by atoms with Crippen LogP contribution in [0.1, 0.15) is 0 Å². The van der Waals surface area contributed by atoms with Crippen LogP contribution in [-0.2, 0) is 0 Å². The topological polar surface area (TPSA) is 61.4 Å². The van der Waals surface area contributed by atoms with E-state index in [1.165, 1.54) is 0 Å². The van der Waals surface area contributed by atoms with Gasteiger partial charge >= 0.3 is 0 Å². The summed E-state index contributed by atoms with van der Waals surface area (Å²) in [7, 11) is 0. The maximum atomic E-state index is 4.96. The van der Waals surface area contributed by atoms with Gasteiger partial charge in [-0.15, -0.1) is 0 Å². The Morgan fingerprint density at radius 1 is 0.304 bits per heavy atom. The molecule has 6 heteroatoms. The van der Waals surface area contributed by atoms with Gasteiger partial charge in [-0.05, 0) is 113 Å². The van der Waals surface area contributed by atoms with Crippen molar-refractivity contribution in [2.75, 3.05) is 0 Å². The van der Waals surface area contributed by atoms with Gasteiger partial charge in [0.2, 0.25) is 0 Å². The molecule has 6 aromatic heterocycles. The SMILES string of the molecule is c1ccc(-c2cc3c(cc2-c2ccccn2)c2ncccc2n3-c2cccc(-n3c4cc(-c5ccccc5)c(-c5ccccn5)cc4c4ncccc43)c2)cc1. The van der Waals surface area contributed by atoms with Crippen LogP contribution in [0.3, 0.4) is 0 Å². The quantitative estimate of drug-likeness (QED) is 0.172. The fourth-order valence-electron chi connectivity index (χ4n) is 8.26. The molecule has 0 spiro atoms. The van der Waals surface area contributed by atoms with Gasteiger partial charge in [-0.25, -0.2) is 0 Å². The molecule has 11 aromatic rings. The Hall–Kier alpha value is -7.70. The lowest BCUT2D eigenvalue weighted by Gasteiger charge is -2.15. The van der Waals surface area contributed by atoms with Crippen LogP contribution in [0.4, 0.5) is 0 Å². The Morgan fingerprint density at radius 2 is 0.750 bits per heavy atom. The molecule has 5 aromatic carbocycles. The third kappa shape index (κ3) is 5.11. The highest BCUT2D eigenvalue weighted by Gasteiger charge is 2.21. The van der Waals surface area contributed by atoms with Gasteiger partial charge in [-0.2, -0.15) is 0 Å². The molecule has 0 unspecified atom stereocenters. The molecule has 56 heavy (non-hydrogen) atoms. The summed E-state index contributed by atoms with van der Waals surface area (Å²) in [6.45, 7) is 0. The highest BCUT2D eigenvalue weighted by Crippen LogP contribution is 2.42. The molecule has 0 saturated carbocycles. The summed E-state index contributed by atoms with van der Waals surface area (Å²) >= 11 is 0. The average molecular weight is 717 g/mol. The number of fused-ring (bicyclic) bond motifs is 6. The fourth-order valence-corrected chi connectivity index (χ4v) is 8.26. The van der Waals surface area contributed by atoms with E-state index in [-0.39, 0.29) is 0 Å². The first-order chi connectivity index (χ1) is 27.8. The van der Waals surface area contributed by atoms with Crippen molar-refractivity contribution in [1.29, 1.82) is 0 Å². The summed E-state index contributed by atoms with van der Waals surface area (Å²) in [4.78, 5) is 19.5. The van der Waals surface area contributed by atoms with E-state index < -0.39 is 0 Å². The summed E-state index contributed by atoms with van der Waals surface area (Å²) in [5.74, 6) is 0. The van der Waals surface area contributed by atoms with Crippen molar-refractivity contribution in [3.8, 4) is 56.1 Å². The molecule has 0 bridgehead atoms. The van der Waals surface area contributed by atoms with Crippen LogP contribution >= 0.6 is 0 Å². The number of hydrogen-bond donors (Lipinski definition) is 0. The maximum Gasteiger partial charge on any atom is 0.0963 e. The van der Waals surface area contributed by atoms with Crippen molar-refractivity contribution >= 4 is 43.9 Å². The van der Waals surface area contributed by atoms with Crippen molar-refractivity contribution in [3.63, 3.8) is 0 Å². The van der Waals surface area contributed by atoms with Crippen molar-refractivity contribution in [2.24, 2.45) is 0 Å². The fraction of sp³-hybridized carbons (Fsp3) is 0. The lowest BCUT2D eigenvalue weighted by Crippen LogP contribution is -1.99. The predicted molar refractivity (Wildman–Crippen MR) is 228 cm³/mol. The monoisotopic (exact) mass is 716 g/mol. The van der Waals surface area contributed by atoms with E-state index in [0.717, 1.165) is 100 Å². The summed E-state index contributed by atoms with van der Waals surface area (Å²) in [5, 5.41) is 2.14. The smallest absolute Gasteiger partial charge is 0.0963 e. The molecule has 0 amide bonds. The van der Waals surface area contributed by atoms with E-state index in [1.807, 2.05) is 61.2 Å². The largest absolute Gasteiger partial charge is 0.308 e. The molecule has 0 fully saturated rings. The maximum absolute atomic E-state index is 4.96. The Morgan fingerprint density at radius 3 is 1.20 bits per heavy atom. The minimum absolute atomic E-state index is 0.924. The Balaban J connectivity index is 1.18. The van der Waals surface area contributed by atoms with E-state index in [9.17, 15) is 0 Å². The molecule has 0 N–H and O–H groups in total. The molecule has 0 atom stereocenters. The molecule has 0 saturated heterocycles. The lowest BCUT2D eigenvalue weighted by atomic mass is 9.95. The summed E-state index contributed by atoms with van der Waals surface area (Å²) in [5.41, 5.74) is 16.6. The predicted octanol–water partition coefficient (Wildman–Crippen LogP) is 12.1. The van der Waals surface area contributed by atoms with Crippen molar-refractivity contribution < 1.29 is 0 Å². The Bertz CT molecular complexity index is 3010. The lowest BCUT2D eigenvalue weighted by molar-refractivity contribution is 1.13. The second kappa shape index (κ2) is 13.0. The normalized spacial score (nSPS) is 11.6. The third-order valence-corrected chi connectivity index (χ3v) is 10.7. The van der Waals surface area contributed by atoms with E-state index in [2.05, 4.69) is 143 Å². The molecular formula is C50H32N6. The van der Waals surface area contributed by atoms with E-state index in [4.69, 9.17) is 19.9 Å². The van der Waals surface area contributed by atoms with E-state index in [1.54, 1.807) is 0 Å². The molecular weight excluding hydrogens is 685 g/mol. The zero-order valence-corrected chi connectivity index (χ0v) is 30.2. The van der Waals surface area contributed by atoms with Crippen LogP contribution in [0.5, 0.6) is 0 Å². The number of pyridine rings is 4. The average Bonchev–Trinajstić information content (AvgIpc) is 3.78. The Kier molecular flexibility index (Phi) is 7.38. The number of hydrogen-bond acceptors (Lipinski definition) is 4. The molecule has 0 radical (unpaired) electrons. The zero-order chi connectivity index (χ0) is 37.0. The first-order valence-electron chi connectivity index (χ1n) is 18.7. The van der Waals surface area contributed by atoms with Crippen LogP contribution in [0.15, 0.2) is 195 Å². The van der Waals surface area contributed by atoms with E-state index in [0.29, 0.717) is 0 Å². The minimum atomic E-state index is 0.924. The van der Waals surface area contributed by atoms with Gasteiger partial charge in [-0.1, -0.05) is 78.9 Å². The molecule has 0 aliphatic rings. The van der Waals surface area contributed by atoms with Crippen LogP contribution in [0, 0.1) is 0 Å². The van der Waals surface area contributed by atoms with E-state index >= 15 is 0 Å². The molecule has 0 aliphatic carbocycles. The van der Waals surface area contributed by atoms with Crippen LogP contribution in [-0.4, -0.2) is 29.1 Å². The van der Waals surface area contributed by atoms with Crippen LogP contribution in [0.2, 0.25) is 0 Å².